The fraction of sp³-hybridized carbons (Fsp3) is 0.950. The zero-order chi connectivity index (χ0) is 73.0. The Morgan fingerprint density at radius 3 is 0.687 bits per heavy atom. The highest BCUT2D eigenvalue weighted by molar-refractivity contribution is 7.47. The lowest BCUT2D eigenvalue weighted by Crippen LogP contribution is -2.30. The Kier molecular flexibility index (Phi) is 69.0. The van der Waals surface area contributed by atoms with Crippen LogP contribution < -0.4 is 0 Å². The van der Waals surface area contributed by atoms with E-state index in [0.29, 0.717) is 25.7 Å². The van der Waals surface area contributed by atoms with Crippen LogP contribution in [0.1, 0.15) is 414 Å². The molecule has 0 saturated carbocycles. The largest absolute Gasteiger partial charge is 0.472 e. The molecule has 0 rings (SSSR count). The molecule has 0 saturated heterocycles. The van der Waals surface area contributed by atoms with Crippen molar-refractivity contribution in [2.24, 2.45) is 17.8 Å². The van der Waals surface area contributed by atoms with Crippen LogP contribution in [-0.4, -0.2) is 96.7 Å². The first-order chi connectivity index (χ1) is 47.7. The standard InChI is InChI=1S/C80H156O17P2/c1-8-9-10-11-12-13-14-26-33-40-47-54-61-77(82)90-68-76(97-80(85)64-57-50-43-36-29-32-39-46-53-60-73(6)7)70-95-99(88,89)93-66-74(81)65-92-98(86,87)94-69-75(67-91-78(83)62-55-48-41-34-27-22-19-18-21-25-31-38-45-52-59-72(4)5)96-79(84)63-56-49-42-35-28-23-17-15-16-20-24-30-37-44-51-58-71(2)3/h71-76,81H,8-70H2,1-7H3,(H,86,87)(H,88,89)/t74-,75-,76-/m1/s1. The number of unbranched alkanes of at least 4 members (excludes halogenated alkanes) is 46. The Morgan fingerprint density at radius 1 is 0.273 bits per heavy atom. The van der Waals surface area contributed by atoms with Crippen LogP contribution in [0.4, 0.5) is 0 Å². The molecule has 0 aromatic rings. The molecule has 0 fully saturated rings. The predicted molar refractivity (Wildman–Crippen MR) is 405 cm³/mol. The SMILES string of the molecule is CCCCCCCCCCCCCCC(=O)OC[C@H](COP(=O)(O)OC[C@H](O)COP(=O)(O)OC[C@@H](COC(=O)CCCCCCCCCCCCCCCCC(C)C)OC(=O)CCCCCCCCCCCCCCCCCC(C)C)OC(=O)CCCCCCCCCCCC(C)C. The summed E-state index contributed by atoms with van der Waals surface area (Å²) in [6, 6.07) is 0. The number of rotatable bonds is 78. The minimum absolute atomic E-state index is 0.106. The summed E-state index contributed by atoms with van der Waals surface area (Å²) in [4.78, 5) is 73.0. The first kappa shape index (κ1) is 97.1. The van der Waals surface area contributed by atoms with Crippen LogP contribution in [0.2, 0.25) is 0 Å². The van der Waals surface area contributed by atoms with Gasteiger partial charge in [0, 0.05) is 25.7 Å². The molecule has 0 bridgehead atoms. The highest BCUT2D eigenvalue weighted by Gasteiger charge is 2.30. The molecule has 99 heavy (non-hydrogen) atoms. The Labute approximate surface area is 607 Å². The highest BCUT2D eigenvalue weighted by atomic mass is 31.2. The molecule has 5 atom stereocenters. The molecule has 588 valence electrons. The Balaban J connectivity index is 5.25. The van der Waals surface area contributed by atoms with Crippen molar-refractivity contribution in [3.63, 3.8) is 0 Å². The van der Waals surface area contributed by atoms with E-state index in [-0.39, 0.29) is 25.7 Å². The van der Waals surface area contributed by atoms with Gasteiger partial charge in [-0.15, -0.1) is 0 Å². The van der Waals surface area contributed by atoms with Crippen LogP contribution in [0.25, 0.3) is 0 Å². The third kappa shape index (κ3) is 74.1. The number of phosphoric acid groups is 2. The molecule has 2 unspecified atom stereocenters. The number of phosphoric ester groups is 2. The van der Waals surface area contributed by atoms with Crippen molar-refractivity contribution >= 4 is 39.5 Å². The molecule has 0 spiro atoms. The maximum atomic E-state index is 13.1. The van der Waals surface area contributed by atoms with Crippen LogP contribution in [0.15, 0.2) is 0 Å². The molecular formula is C80H156O17P2. The molecule has 3 N–H and O–H groups in total. The van der Waals surface area contributed by atoms with Crippen molar-refractivity contribution in [2.45, 2.75) is 433 Å². The molecule has 0 aromatic heterocycles. The highest BCUT2D eigenvalue weighted by Crippen LogP contribution is 2.45. The second-order valence-corrected chi connectivity index (χ2v) is 33.1. The van der Waals surface area contributed by atoms with Crippen molar-refractivity contribution in [3.05, 3.63) is 0 Å². The average Bonchev–Trinajstić information content (AvgIpc) is 1.14. The minimum Gasteiger partial charge on any atom is -0.462 e. The van der Waals surface area contributed by atoms with E-state index in [4.69, 9.17) is 37.0 Å². The van der Waals surface area contributed by atoms with Crippen LogP contribution in [0, 0.1) is 17.8 Å². The van der Waals surface area contributed by atoms with E-state index >= 15 is 0 Å². The fourth-order valence-corrected chi connectivity index (χ4v) is 13.9. The van der Waals surface area contributed by atoms with E-state index in [1.54, 1.807) is 0 Å². The normalized spacial score (nSPS) is 14.0. The number of hydrogen-bond acceptors (Lipinski definition) is 15. The van der Waals surface area contributed by atoms with Crippen molar-refractivity contribution in [1.29, 1.82) is 0 Å². The summed E-state index contributed by atoms with van der Waals surface area (Å²) in [6.07, 6.45) is 58.2. The summed E-state index contributed by atoms with van der Waals surface area (Å²) in [5.41, 5.74) is 0. The number of esters is 4. The van der Waals surface area contributed by atoms with Crippen LogP contribution in [-0.2, 0) is 65.4 Å². The van der Waals surface area contributed by atoms with Gasteiger partial charge in [0.05, 0.1) is 26.4 Å². The summed E-state index contributed by atoms with van der Waals surface area (Å²) in [7, 11) is -9.92. The van der Waals surface area contributed by atoms with E-state index in [1.807, 2.05) is 0 Å². The molecule has 0 heterocycles. The lowest BCUT2D eigenvalue weighted by atomic mass is 10.0. The molecule has 0 aliphatic rings. The number of ether oxygens (including phenoxy) is 4. The predicted octanol–water partition coefficient (Wildman–Crippen LogP) is 23.7. The zero-order valence-electron chi connectivity index (χ0n) is 65.0. The molecule has 0 radical (unpaired) electrons. The third-order valence-electron chi connectivity index (χ3n) is 18.6. The van der Waals surface area contributed by atoms with Crippen molar-refractivity contribution in [3.8, 4) is 0 Å². The lowest BCUT2D eigenvalue weighted by Gasteiger charge is -2.21. The Bertz CT molecular complexity index is 1920. The van der Waals surface area contributed by atoms with Gasteiger partial charge in [-0.25, -0.2) is 9.13 Å². The van der Waals surface area contributed by atoms with Crippen molar-refractivity contribution in [2.75, 3.05) is 39.6 Å². The zero-order valence-corrected chi connectivity index (χ0v) is 66.8. The molecule has 17 nitrogen and oxygen atoms in total. The van der Waals surface area contributed by atoms with E-state index in [0.717, 1.165) is 108 Å². The fourth-order valence-electron chi connectivity index (χ4n) is 12.3. The van der Waals surface area contributed by atoms with Gasteiger partial charge in [-0.3, -0.25) is 37.3 Å². The second kappa shape index (κ2) is 70.4. The molecule has 19 heteroatoms. The molecule has 0 amide bonds. The number of carbonyl (C=O) groups excluding carboxylic acids is 4. The average molecular weight is 1450 g/mol. The monoisotopic (exact) mass is 1450 g/mol. The van der Waals surface area contributed by atoms with E-state index in [1.165, 1.54) is 225 Å². The van der Waals surface area contributed by atoms with Gasteiger partial charge in [0.1, 0.15) is 19.3 Å². The Morgan fingerprint density at radius 2 is 0.465 bits per heavy atom. The number of hydrogen-bond donors (Lipinski definition) is 3. The summed E-state index contributed by atoms with van der Waals surface area (Å²) < 4.78 is 68.7. The van der Waals surface area contributed by atoms with Gasteiger partial charge in [0.2, 0.25) is 0 Å². The summed E-state index contributed by atoms with van der Waals surface area (Å²) in [5.74, 6) is 0.227. The van der Waals surface area contributed by atoms with Gasteiger partial charge >= 0.3 is 39.5 Å². The van der Waals surface area contributed by atoms with Crippen LogP contribution in [0.5, 0.6) is 0 Å². The lowest BCUT2D eigenvalue weighted by molar-refractivity contribution is -0.161. The summed E-state index contributed by atoms with van der Waals surface area (Å²) in [5, 5.41) is 10.6. The first-order valence-electron chi connectivity index (χ1n) is 41.3. The topological polar surface area (TPSA) is 237 Å². The van der Waals surface area contributed by atoms with E-state index in [9.17, 15) is 43.2 Å². The van der Waals surface area contributed by atoms with Crippen molar-refractivity contribution < 1.29 is 80.2 Å². The molecule has 0 aliphatic heterocycles. The van der Waals surface area contributed by atoms with Crippen molar-refractivity contribution in [1.82, 2.24) is 0 Å². The number of aliphatic hydroxyl groups is 1. The number of aliphatic hydroxyl groups excluding tert-OH is 1. The molecule has 0 aromatic carbocycles. The summed E-state index contributed by atoms with van der Waals surface area (Å²) in [6.45, 7) is 12.0. The van der Waals surface area contributed by atoms with Crippen LogP contribution >= 0.6 is 15.6 Å². The maximum absolute atomic E-state index is 13.1. The van der Waals surface area contributed by atoms with Gasteiger partial charge in [-0.05, 0) is 43.4 Å². The third-order valence-corrected chi connectivity index (χ3v) is 20.5. The van der Waals surface area contributed by atoms with Gasteiger partial charge in [-0.1, -0.05) is 363 Å². The second-order valence-electron chi connectivity index (χ2n) is 30.2. The molecular weight excluding hydrogens is 1290 g/mol. The maximum Gasteiger partial charge on any atom is 0.472 e. The van der Waals surface area contributed by atoms with Gasteiger partial charge < -0.3 is 33.8 Å². The van der Waals surface area contributed by atoms with Gasteiger partial charge in [0.25, 0.3) is 0 Å². The van der Waals surface area contributed by atoms with E-state index < -0.39 is 97.5 Å². The van der Waals surface area contributed by atoms with E-state index in [2.05, 4.69) is 48.5 Å². The smallest absolute Gasteiger partial charge is 0.462 e. The number of carbonyl (C=O) groups is 4. The quantitative estimate of drug-likeness (QED) is 0.0222. The van der Waals surface area contributed by atoms with Gasteiger partial charge in [0.15, 0.2) is 12.2 Å². The van der Waals surface area contributed by atoms with Crippen LogP contribution in [0.3, 0.4) is 0 Å². The van der Waals surface area contributed by atoms with Gasteiger partial charge in [-0.2, -0.15) is 0 Å². The minimum atomic E-state index is -4.96. The summed E-state index contributed by atoms with van der Waals surface area (Å²) >= 11 is 0. The first-order valence-corrected chi connectivity index (χ1v) is 44.3. The molecule has 0 aliphatic carbocycles. The Hall–Kier alpha value is -1.94.